The van der Waals surface area contributed by atoms with Gasteiger partial charge in [-0.1, -0.05) is 32.4 Å². The second-order valence-electron chi connectivity index (χ2n) is 7.97. The van der Waals surface area contributed by atoms with Crippen LogP contribution in [-0.4, -0.2) is 26.9 Å². The van der Waals surface area contributed by atoms with E-state index in [-0.39, 0.29) is 6.54 Å². The molecule has 0 bridgehead atoms. The maximum Gasteiger partial charge on any atom is 0.257 e. The fourth-order valence-electron chi connectivity index (χ4n) is 3.43. The first-order chi connectivity index (χ1) is 14.7. The molecular formula is C23H25ClF3N3O. The van der Waals surface area contributed by atoms with Crippen molar-refractivity contribution >= 4 is 28.5 Å². The zero-order valence-electron chi connectivity index (χ0n) is 17.8. The van der Waals surface area contributed by atoms with Crippen molar-refractivity contribution in [2.24, 2.45) is 5.92 Å². The quantitative estimate of drug-likeness (QED) is 0.382. The topological polar surface area (TPSA) is 38.1 Å². The predicted octanol–water partition coefficient (Wildman–Crippen LogP) is 6.21. The van der Waals surface area contributed by atoms with Crippen molar-refractivity contribution in [2.45, 2.75) is 46.7 Å². The zero-order chi connectivity index (χ0) is 22.7. The molecule has 0 spiro atoms. The largest absolute Gasteiger partial charge is 0.331 e. The monoisotopic (exact) mass is 451 g/mol. The molecular weight excluding hydrogens is 427 g/mol. The molecule has 166 valence electrons. The Bertz CT molecular complexity index is 1100. The average molecular weight is 452 g/mol. The van der Waals surface area contributed by atoms with Gasteiger partial charge in [-0.05, 0) is 43.0 Å². The highest BCUT2D eigenvalue weighted by Gasteiger charge is 2.24. The highest BCUT2D eigenvalue weighted by atomic mass is 35.5. The van der Waals surface area contributed by atoms with E-state index in [1.54, 1.807) is 6.07 Å². The molecule has 31 heavy (non-hydrogen) atoms. The molecule has 0 aliphatic carbocycles. The van der Waals surface area contributed by atoms with Gasteiger partial charge in [-0.15, -0.1) is 0 Å². The minimum atomic E-state index is -1.33. The standard InChI is InChI=1S/C23H25ClF3N3O/c1-4-8-30-21-10-15(24)5-6-20(21)28-22(30)13-29(9-7-14(2)3)23(31)16-11-18(26)19(27)12-17(16)25/h5-6,10-12,14H,4,7-9,13H2,1-3H3. The number of nitrogens with zero attached hydrogens (tertiary/aromatic N) is 3. The van der Waals surface area contributed by atoms with Gasteiger partial charge in [0.1, 0.15) is 11.6 Å². The molecule has 0 saturated heterocycles. The van der Waals surface area contributed by atoms with Crippen LogP contribution in [0.5, 0.6) is 0 Å². The molecule has 3 aromatic rings. The second kappa shape index (κ2) is 9.73. The van der Waals surface area contributed by atoms with E-state index in [0.717, 1.165) is 17.5 Å². The van der Waals surface area contributed by atoms with Crippen LogP contribution < -0.4 is 0 Å². The summed E-state index contributed by atoms with van der Waals surface area (Å²) in [5, 5.41) is 0.577. The molecule has 0 unspecified atom stereocenters. The molecule has 0 saturated carbocycles. The highest BCUT2D eigenvalue weighted by molar-refractivity contribution is 6.31. The van der Waals surface area contributed by atoms with E-state index in [0.29, 0.717) is 48.4 Å². The molecule has 8 heteroatoms. The first-order valence-electron chi connectivity index (χ1n) is 10.3. The predicted molar refractivity (Wildman–Crippen MR) is 116 cm³/mol. The Hall–Kier alpha value is -2.54. The van der Waals surface area contributed by atoms with Gasteiger partial charge in [0.2, 0.25) is 0 Å². The van der Waals surface area contributed by atoms with Gasteiger partial charge in [-0.25, -0.2) is 18.2 Å². The molecule has 0 atom stereocenters. The summed E-state index contributed by atoms with van der Waals surface area (Å²) in [5.41, 5.74) is 1.09. The molecule has 2 aromatic carbocycles. The maximum absolute atomic E-state index is 14.3. The van der Waals surface area contributed by atoms with Crippen LogP contribution in [-0.2, 0) is 13.1 Å². The Kier molecular flexibility index (Phi) is 7.26. The van der Waals surface area contributed by atoms with Crippen LogP contribution in [0.15, 0.2) is 30.3 Å². The van der Waals surface area contributed by atoms with Crippen LogP contribution in [0.25, 0.3) is 11.0 Å². The van der Waals surface area contributed by atoms with Crippen molar-refractivity contribution in [1.29, 1.82) is 0 Å². The van der Waals surface area contributed by atoms with Crippen LogP contribution in [0, 0.1) is 23.4 Å². The smallest absolute Gasteiger partial charge is 0.257 e. The van der Waals surface area contributed by atoms with E-state index in [1.165, 1.54) is 4.90 Å². The van der Waals surface area contributed by atoms with Gasteiger partial charge < -0.3 is 9.47 Å². The molecule has 4 nitrogen and oxygen atoms in total. The van der Waals surface area contributed by atoms with Crippen molar-refractivity contribution in [3.05, 3.63) is 64.2 Å². The number of aryl methyl sites for hydroxylation is 1. The summed E-state index contributed by atoms with van der Waals surface area (Å²) in [6, 6.07) is 6.39. The van der Waals surface area contributed by atoms with E-state index >= 15 is 0 Å². The van der Waals surface area contributed by atoms with Crippen LogP contribution in [0.1, 0.15) is 49.8 Å². The van der Waals surface area contributed by atoms with Gasteiger partial charge in [0.25, 0.3) is 5.91 Å². The zero-order valence-corrected chi connectivity index (χ0v) is 18.5. The Labute approximate surface area is 184 Å². The van der Waals surface area contributed by atoms with Gasteiger partial charge in [0, 0.05) is 24.2 Å². The van der Waals surface area contributed by atoms with Crippen LogP contribution in [0.2, 0.25) is 5.02 Å². The van der Waals surface area contributed by atoms with Crippen molar-refractivity contribution in [3.8, 4) is 0 Å². The van der Waals surface area contributed by atoms with E-state index < -0.39 is 28.9 Å². The third-order valence-electron chi connectivity index (χ3n) is 5.07. The number of carbonyl (C=O) groups excluding carboxylic acids is 1. The molecule has 1 heterocycles. The van der Waals surface area contributed by atoms with Gasteiger partial charge in [0.05, 0.1) is 23.1 Å². The lowest BCUT2D eigenvalue weighted by Crippen LogP contribution is -2.34. The van der Waals surface area contributed by atoms with Crippen molar-refractivity contribution in [2.75, 3.05) is 6.54 Å². The highest BCUT2D eigenvalue weighted by Crippen LogP contribution is 2.24. The molecule has 1 amide bonds. The number of fused-ring (bicyclic) bond motifs is 1. The van der Waals surface area contributed by atoms with Crippen molar-refractivity contribution < 1.29 is 18.0 Å². The first kappa shape index (κ1) is 23.1. The lowest BCUT2D eigenvalue weighted by molar-refractivity contribution is 0.0724. The molecule has 0 fully saturated rings. The van der Waals surface area contributed by atoms with E-state index in [2.05, 4.69) is 4.98 Å². The fraction of sp³-hybridized carbons (Fsp3) is 0.391. The first-order valence-corrected chi connectivity index (χ1v) is 10.7. The minimum Gasteiger partial charge on any atom is -0.331 e. The summed E-state index contributed by atoms with van der Waals surface area (Å²) in [6.07, 6.45) is 1.50. The lowest BCUT2D eigenvalue weighted by Gasteiger charge is -2.24. The fourth-order valence-corrected chi connectivity index (χ4v) is 3.60. The summed E-state index contributed by atoms with van der Waals surface area (Å²) in [6.45, 7) is 7.14. The minimum absolute atomic E-state index is 0.107. The summed E-state index contributed by atoms with van der Waals surface area (Å²) in [4.78, 5) is 19.2. The summed E-state index contributed by atoms with van der Waals surface area (Å²) >= 11 is 6.15. The molecule has 0 aliphatic heterocycles. The number of rotatable bonds is 8. The van der Waals surface area contributed by atoms with Crippen LogP contribution in [0.3, 0.4) is 0 Å². The molecule has 0 radical (unpaired) electrons. The second-order valence-corrected chi connectivity index (χ2v) is 8.40. The Morgan fingerprint density at radius 1 is 1.13 bits per heavy atom. The maximum atomic E-state index is 14.3. The van der Waals surface area contributed by atoms with Crippen LogP contribution >= 0.6 is 11.6 Å². The summed E-state index contributed by atoms with van der Waals surface area (Å²) < 4.78 is 43.4. The summed E-state index contributed by atoms with van der Waals surface area (Å²) in [5.74, 6) is -3.47. The van der Waals surface area contributed by atoms with Gasteiger partial charge in [-0.2, -0.15) is 0 Å². The third kappa shape index (κ3) is 5.21. The van der Waals surface area contributed by atoms with Gasteiger partial charge in [0.15, 0.2) is 11.6 Å². The van der Waals surface area contributed by atoms with E-state index in [4.69, 9.17) is 11.6 Å². The van der Waals surface area contributed by atoms with E-state index in [1.807, 2.05) is 37.5 Å². The number of imidazole rings is 1. The number of aromatic nitrogens is 2. The normalized spacial score (nSPS) is 11.5. The Morgan fingerprint density at radius 3 is 2.52 bits per heavy atom. The number of carbonyl (C=O) groups is 1. The number of benzene rings is 2. The number of hydrogen-bond acceptors (Lipinski definition) is 2. The Morgan fingerprint density at radius 2 is 1.84 bits per heavy atom. The van der Waals surface area contributed by atoms with Crippen LogP contribution in [0.4, 0.5) is 13.2 Å². The Balaban J connectivity index is 2.01. The molecule has 0 N–H and O–H groups in total. The SMILES string of the molecule is CCCn1c(CN(CCC(C)C)C(=O)c2cc(F)c(F)cc2F)nc2ccc(Cl)cc21. The van der Waals surface area contributed by atoms with Crippen molar-refractivity contribution in [3.63, 3.8) is 0 Å². The van der Waals surface area contributed by atoms with Gasteiger partial charge >= 0.3 is 0 Å². The molecule has 1 aromatic heterocycles. The number of hydrogen-bond donors (Lipinski definition) is 0. The number of halogens is 4. The molecule has 0 aliphatic rings. The molecule has 3 rings (SSSR count). The van der Waals surface area contributed by atoms with Gasteiger partial charge in [-0.3, -0.25) is 4.79 Å². The number of amides is 1. The summed E-state index contributed by atoms with van der Waals surface area (Å²) in [7, 11) is 0. The lowest BCUT2D eigenvalue weighted by atomic mass is 10.1. The van der Waals surface area contributed by atoms with E-state index in [9.17, 15) is 18.0 Å². The van der Waals surface area contributed by atoms with Crippen molar-refractivity contribution in [1.82, 2.24) is 14.5 Å². The third-order valence-corrected chi connectivity index (χ3v) is 5.31. The average Bonchev–Trinajstić information content (AvgIpc) is 3.04.